The molecule has 4 heteroatoms. The maximum Gasteiger partial charge on any atom is 0.277 e. The molecule has 0 spiro atoms. The molecule has 4 nitrogen and oxygen atoms in total. The number of hydrogen-bond acceptors (Lipinski definition) is 3. The number of rotatable bonds is 8. The molecule has 26 heavy (non-hydrogen) atoms. The standard InChI is InChI=1S/C22H26N2O2/c1-17(2)8-6-9-18(3)14-15-23-24-22(25)16-26-21-13-7-11-19-10-4-5-12-20(19)21/h4-5,7-8,10-15H,6,9,16H2,1-3H3,(H,24,25)/b18-14+,23-15+. The minimum atomic E-state index is -0.287. The largest absolute Gasteiger partial charge is 0.483 e. The lowest BCUT2D eigenvalue weighted by molar-refractivity contribution is -0.123. The van der Waals surface area contributed by atoms with Gasteiger partial charge in [0.05, 0.1) is 0 Å². The van der Waals surface area contributed by atoms with Crippen LogP contribution in [0, 0.1) is 0 Å². The van der Waals surface area contributed by atoms with Crippen LogP contribution >= 0.6 is 0 Å². The van der Waals surface area contributed by atoms with Crippen molar-refractivity contribution >= 4 is 22.9 Å². The highest BCUT2D eigenvalue weighted by molar-refractivity contribution is 5.88. The van der Waals surface area contributed by atoms with Crippen LogP contribution in [0.3, 0.4) is 0 Å². The molecule has 0 fully saturated rings. The highest BCUT2D eigenvalue weighted by atomic mass is 16.5. The fourth-order valence-corrected chi connectivity index (χ4v) is 2.44. The smallest absolute Gasteiger partial charge is 0.277 e. The van der Waals surface area contributed by atoms with E-state index in [0.29, 0.717) is 5.75 Å². The lowest BCUT2D eigenvalue weighted by atomic mass is 10.1. The van der Waals surface area contributed by atoms with Crippen LogP contribution in [-0.4, -0.2) is 18.7 Å². The molecule has 0 saturated carbocycles. The summed E-state index contributed by atoms with van der Waals surface area (Å²) in [6.07, 6.45) is 7.72. The van der Waals surface area contributed by atoms with Crippen LogP contribution in [0.15, 0.2) is 70.9 Å². The van der Waals surface area contributed by atoms with Gasteiger partial charge in [-0.1, -0.05) is 53.6 Å². The Kier molecular flexibility index (Phi) is 7.62. The molecule has 0 atom stereocenters. The van der Waals surface area contributed by atoms with Crippen LogP contribution < -0.4 is 10.2 Å². The van der Waals surface area contributed by atoms with Gasteiger partial charge in [0.15, 0.2) is 6.61 Å². The topological polar surface area (TPSA) is 50.7 Å². The van der Waals surface area contributed by atoms with Gasteiger partial charge in [0, 0.05) is 11.6 Å². The van der Waals surface area contributed by atoms with E-state index >= 15 is 0 Å². The van der Waals surface area contributed by atoms with E-state index in [4.69, 9.17) is 4.74 Å². The van der Waals surface area contributed by atoms with E-state index in [1.54, 1.807) is 6.21 Å². The first-order chi connectivity index (χ1) is 12.6. The lowest BCUT2D eigenvalue weighted by Crippen LogP contribution is -2.24. The van der Waals surface area contributed by atoms with Gasteiger partial charge >= 0.3 is 0 Å². The Balaban J connectivity index is 1.79. The molecule has 136 valence electrons. The summed E-state index contributed by atoms with van der Waals surface area (Å²) in [5, 5.41) is 6.00. The molecule has 0 unspecified atom stereocenters. The molecule has 0 bridgehead atoms. The Morgan fingerprint density at radius 2 is 1.88 bits per heavy atom. The number of allylic oxidation sites excluding steroid dienone is 4. The Labute approximate surface area is 155 Å². The summed E-state index contributed by atoms with van der Waals surface area (Å²) in [6, 6.07) is 13.7. The van der Waals surface area contributed by atoms with Crippen LogP contribution in [0.25, 0.3) is 10.8 Å². The van der Waals surface area contributed by atoms with Gasteiger partial charge in [-0.05, 0) is 51.1 Å². The van der Waals surface area contributed by atoms with Crippen molar-refractivity contribution in [1.29, 1.82) is 0 Å². The van der Waals surface area contributed by atoms with E-state index in [-0.39, 0.29) is 12.5 Å². The summed E-state index contributed by atoms with van der Waals surface area (Å²) >= 11 is 0. The third kappa shape index (κ3) is 6.55. The summed E-state index contributed by atoms with van der Waals surface area (Å²) in [7, 11) is 0. The van der Waals surface area contributed by atoms with Gasteiger partial charge in [-0.15, -0.1) is 0 Å². The van der Waals surface area contributed by atoms with Gasteiger partial charge < -0.3 is 4.74 Å². The maximum absolute atomic E-state index is 11.9. The second-order valence-electron chi connectivity index (χ2n) is 6.41. The fourth-order valence-electron chi connectivity index (χ4n) is 2.44. The molecule has 0 saturated heterocycles. The van der Waals surface area contributed by atoms with Crippen LogP contribution in [0.2, 0.25) is 0 Å². The quantitative estimate of drug-likeness (QED) is 0.413. The fraction of sp³-hybridized carbons (Fsp3) is 0.273. The normalized spacial score (nSPS) is 11.6. The van der Waals surface area contributed by atoms with Crippen LogP contribution in [-0.2, 0) is 4.79 Å². The Bertz CT molecular complexity index is 826. The molecule has 0 aliphatic rings. The molecule has 1 N–H and O–H groups in total. The van der Waals surface area contributed by atoms with Crippen molar-refractivity contribution in [3.05, 3.63) is 65.8 Å². The Hall–Kier alpha value is -2.88. The molecule has 0 radical (unpaired) electrons. The molecular formula is C22H26N2O2. The van der Waals surface area contributed by atoms with Crippen molar-refractivity contribution in [2.45, 2.75) is 33.6 Å². The summed E-state index contributed by atoms with van der Waals surface area (Å²) < 4.78 is 5.63. The predicted molar refractivity (Wildman–Crippen MR) is 108 cm³/mol. The summed E-state index contributed by atoms with van der Waals surface area (Å²) in [6.45, 7) is 6.16. The van der Waals surface area contributed by atoms with Gasteiger partial charge in [0.25, 0.3) is 5.91 Å². The number of amides is 1. The van der Waals surface area contributed by atoms with Crippen molar-refractivity contribution in [3.8, 4) is 5.75 Å². The monoisotopic (exact) mass is 350 g/mol. The van der Waals surface area contributed by atoms with Crippen LogP contribution in [0.4, 0.5) is 0 Å². The SMILES string of the molecule is CC(C)=CCC/C(C)=C/C=N/NC(=O)COc1cccc2ccccc12. The number of carbonyl (C=O) groups excluding carboxylic acids is 1. The van der Waals surface area contributed by atoms with Crippen LogP contribution in [0.5, 0.6) is 5.75 Å². The second-order valence-corrected chi connectivity index (χ2v) is 6.41. The number of hydrogen-bond donors (Lipinski definition) is 1. The zero-order valence-corrected chi connectivity index (χ0v) is 15.7. The molecule has 2 aromatic rings. The molecular weight excluding hydrogens is 324 g/mol. The first kappa shape index (κ1) is 19.4. The summed E-state index contributed by atoms with van der Waals surface area (Å²) in [5.74, 6) is 0.405. The zero-order valence-electron chi connectivity index (χ0n) is 15.7. The summed E-state index contributed by atoms with van der Waals surface area (Å²) in [4.78, 5) is 11.9. The number of nitrogens with zero attached hydrogens (tertiary/aromatic N) is 1. The first-order valence-electron chi connectivity index (χ1n) is 8.78. The second kappa shape index (κ2) is 10.2. The summed E-state index contributed by atoms with van der Waals surface area (Å²) in [5.41, 5.74) is 5.02. The number of nitrogens with one attached hydrogen (secondary N) is 1. The number of benzene rings is 2. The third-order valence-electron chi connectivity index (χ3n) is 3.82. The van der Waals surface area contributed by atoms with Crippen molar-refractivity contribution in [3.63, 3.8) is 0 Å². The average molecular weight is 350 g/mol. The van der Waals surface area contributed by atoms with Crippen molar-refractivity contribution in [2.24, 2.45) is 5.10 Å². The van der Waals surface area contributed by atoms with E-state index in [0.717, 1.165) is 23.6 Å². The number of fused-ring (bicyclic) bond motifs is 1. The van der Waals surface area contributed by atoms with E-state index in [9.17, 15) is 4.79 Å². The molecule has 0 heterocycles. The molecule has 2 aromatic carbocycles. The first-order valence-corrected chi connectivity index (χ1v) is 8.78. The maximum atomic E-state index is 11.9. The van der Waals surface area contributed by atoms with Gasteiger partial charge in [0.1, 0.15) is 5.75 Å². The number of ether oxygens (including phenoxy) is 1. The lowest BCUT2D eigenvalue weighted by Gasteiger charge is -2.08. The zero-order chi connectivity index (χ0) is 18.8. The molecule has 2 rings (SSSR count). The van der Waals surface area contributed by atoms with Gasteiger partial charge in [0.2, 0.25) is 0 Å². The Morgan fingerprint density at radius 1 is 1.12 bits per heavy atom. The van der Waals surface area contributed by atoms with E-state index in [2.05, 4.69) is 37.4 Å². The molecule has 0 aromatic heterocycles. The highest BCUT2D eigenvalue weighted by Gasteiger charge is 2.04. The Morgan fingerprint density at radius 3 is 2.69 bits per heavy atom. The molecule has 1 amide bonds. The van der Waals surface area contributed by atoms with Gasteiger partial charge in [-0.3, -0.25) is 4.79 Å². The van der Waals surface area contributed by atoms with Crippen LogP contribution in [0.1, 0.15) is 33.6 Å². The van der Waals surface area contributed by atoms with E-state index in [1.165, 1.54) is 11.1 Å². The minimum Gasteiger partial charge on any atom is -0.483 e. The van der Waals surface area contributed by atoms with Gasteiger partial charge in [-0.25, -0.2) is 5.43 Å². The number of carbonyl (C=O) groups is 1. The van der Waals surface area contributed by atoms with Gasteiger partial charge in [-0.2, -0.15) is 5.10 Å². The van der Waals surface area contributed by atoms with E-state index in [1.807, 2.05) is 48.5 Å². The van der Waals surface area contributed by atoms with E-state index < -0.39 is 0 Å². The number of hydrazone groups is 1. The van der Waals surface area contributed by atoms with Crippen molar-refractivity contribution in [2.75, 3.05) is 6.61 Å². The van der Waals surface area contributed by atoms with Crippen molar-refractivity contribution < 1.29 is 9.53 Å². The predicted octanol–water partition coefficient (Wildman–Crippen LogP) is 5.01. The molecule has 0 aliphatic carbocycles. The highest BCUT2D eigenvalue weighted by Crippen LogP contribution is 2.24. The average Bonchev–Trinajstić information content (AvgIpc) is 2.63. The molecule has 0 aliphatic heterocycles. The third-order valence-corrected chi connectivity index (χ3v) is 3.82. The minimum absolute atomic E-state index is 0.0748. The van der Waals surface area contributed by atoms with Crippen molar-refractivity contribution in [1.82, 2.24) is 5.43 Å².